The second-order valence-corrected chi connectivity index (χ2v) is 8.73. The molecule has 0 saturated heterocycles. The minimum Gasteiger partial charge on any atom is -0.496 e. The first-order valence-electron chi connectivity index (χ1n) is 7.76. The molecule has 1 N–H and O–H groups in total. The average Bonchev–Trinajstić information content (AvgIpc) is 3.20. The van der Waals surface area contributed by atoms with Crippen molar-refractivity contribution in [2.24, 2.45) is 0 Å². The average molecular weight is 441 g/mol. The van der Waals surface area contributed by atoms with Crippen molar-refractivity contribution in [3.63, 3.8) is 0 Å². The number of carbonyl (C=O) groups is 2. The van der Waals surface area contributed by atoms with Crippen LogP contribution in [0.15, 0.2) is 29.6 Å². The SMILES string of the molecule is COc1ccc(C(C)=O)cc1CC(=O)Nc1nc(-c2cc(Cl)sc2Cl)cs1. The van der Waals surface area contributed by atoms with Crippen molar-refractivity contribution in [1.82, 2.24) is 4.98 Å². The normalized spacial score (nSPS) is 10.7. The molecule has 9 heteroatoms. The lowest BCUT2D eigenvalue weighted by molar-refractivity contribution is -0.115. The summed E-state index contributed by atoms with van der Waals surface area (Å²) in [5, 5.41) is 5.02. The van der Waals surface area contributed by atoms with Crippen LogP contribution in [0.25, 0.3) is 11.3 Å². The van der Waals surface area contributed by atoms with Crippen molar-refractivity contribution < 1.29 is 14.3 Å². The van der Waals surface area contributed by atoms with Crippen LogP contribution in [-0.4, -0.2) is 23.8 Å². The Hall–Kier alpha value is -1.93. The summed E-state index contributed by atoms with van der Waals surface area (Å²) in [6.07, 6.45) is 0.0598. The van der Waals surface area contributed by atoms with Crippen LogP contribution in [0, 0.1) is 0 Å². The molecule has 1 amide bonds. The third-order valence-corrected chi connectivity index (χ3v) is 5.97. The van der Waals surface area contributed by atoms with Gasteiger partial charge in [-0.15, -0.1) is 22.7 Å². The summed E-state index contributed by atoms with van der Waals surface area (Å²) in [5.74, 6) is 0.217. The number of anilines is 1. The van der Waals surface area contributed by atoms with Gasteiger partial charge in [-0.25, -0.2) is 4.98 Å². The van der Waals surface area contributed by atoms with E-state index < -0.39 is 0 Å². The van der Waals surface area contributed by atoms with Crippen LogP contribution in [0.4, 0.5) is 5.13 Å². The standard InChI is InChI=1S/C18H14Cl2N2O3S2/c1-9(23)10-3-4-14(25-2)11(5-10)6-16(24)22-18-21-13(8-26-18)12-7-15(19)27-17(12)20/h3-5,7-8H,6H2,1-2H3,(H,21,22,24). The summed E-state index contributed by atoms with van der Waals surface area (Å²) in [7, 11) is 1.52. The van der Waals surface area contributed by atoms with Crippen LogP contribution >= 0.6 is 45.9 Å². The van der Waals surface area contributed by atoms with Crippen molar-refractivity contribution in [3.8, 4) is 17.0 Å². The minimum absolute atomic E-state index is 0.0598. The van der Waals surface area contributed by atoms with Gasteiger partial charge in [-0.1, -0.05) is 23.2 Å². The molecule has 0 aliphatic rings. The number of thiophene rings is 1. The Morgan fingerprint density at radius 3 is 2.67 bits per heavy atom. The summed E-state index contributed by atoms with van der Waals surface area (Å²) < 4.78 is 6.40. The molecular weight excluding hydrogens is 427 g/mol. The molecule has 27 heavy (non-hydrogen) atoms. The molecule has 0 spiro atoms. The third kappa shape index (κ3) is 4.68. The highest BCUT2D eigenvalue weighted by Crippen LogP contribution is 2.39. The van der Waals surface area contributed by atoms with E-state index in [1.165, 1.54) is 36.7 Å². The molecule has 0 bridgehead atoms. The third-order valence-electron chi connectivity index (χ3n) is 3.72. The van der Waals surface area contributed by atoms with Gasteiger partial charge in [0.2, 0.25) is 5.91 Å². The molecule has 0 radical (unpaired) electrons. The first kappa shape index (κ1) is 19.8. The van der Waals surface area contributed by atoms with Crippen molar-refractivity contribution in [3.05, 3.63) is 49.4 Å². The smallest absolute Gasteiger partial charge is 0.230 e. The summed E-state index contributed by atoms with van der Waals surface area (Å²) in [6.45, 7) is 1.48. The molecule has 2 aromatic heterocycles. The molecular formula is C18H14Cl2N2O3S2. The number of hydrogen-bond acceptors (Lipinski definition) is 6. The van der Waals surface area contributed by atoms with Gasteiger partial charge >= 0.3 is 0 Å². The highest BCUT2D eigenvalue weighted by Gasteiger charge is 2.15. The van der Waals surface area contributed by atoms with E-state index in [2.05, 4.69) is 10.3 Å². The Morgan fingerprint density at radius 1 is 1.26 bits per heavy atom. The quantitative estimate of drug-likeness (QED) is 0.508. The van der Waals surface area contributed by atoms with E-state index in [-0.39, 0.29) is 18.1 Å². The number of aromatic nitrogens is 1. The fourth-order valence-electron chi connectivity index (χ4n) is 2.44. The number of benzene rings is 1. The summed E-state index contributed by atoms with van der Waals surface area (Å²) >= 11 is 14.7. The van der Waals surface area contributed by atoms with Crippen LogP contribution in [0.2, 0.25) is 8.67 Å². The number of nitrogens with one attached hydrogen (secondary N) is 1. The van der Waals surface area contributed by atoms with Crippen LogP contribution in [0.1, 0.15) is 22.8 Å². The van der Waals surface area contributed by atoms with E-state index in [0.29, 0.717) is 36.4 Å². The number of ether oxygens (including phenoxy) is 1. The number of methoxy groups -OCH3 is 1. The van der Waals surface area contributed by atoms with Crippen LogP contribution in [-0.2, 0) is 11.2 Å². The molecule has 140 valence electrons. The zero-order chi connectivity index (χ0) is 19.6. The predicted molar refractivity (Wildman–Crippen MR) is 111 cm³/mol. The lowest BCUT2D eigenvalue weighted by Gasteiger charge is -2.09. The zero-order valence-electron chi connectivity index (χ0n) is 14.3. The van der Waals surface area contributed by atoms with Crippen molar-refractivity contribution in [2.45, 2.75) is 13.3 Å². The van der Waals surface area contributed by atoms with E-state index in [9.17, 15) is 9.59 Å². The Bertz CT molecular complexity index is 1010. The number of thiazole rings is 1. The largest absolute Gasteiger partial charge is 0.496 e. The molecule has 5 nitrogen and oxygen atoms in total. The molecule has 2 heterocycles. The highest BCUT2D eigenvalue weighted by molar-refractivity contribution is 7.20. The van der Waals surface area contributed by atoms with Crippen molar-refractivity contribution >= 4 is 62.7 Å². The second kappa shape index (κ2) is 8.39. The molecule has 0 unspecified atom stereocenters. The lowest BCUT2D eigenvalue weighted by Crippen LogP contribution is -2.15. The number of rotatable bonds is 6. The Kier molecular flexibility index (Phi) is 6.16. The molecule has 0 fully saturated rings. The van der Waals surface area contributed by atoms with Gasteiger partial charge in [0.1, 0.15) is 10.1 Å². The second-order valence-electron chi connectivity index (χ2n) is 5.58. The minimum atomic E-state index is -0.260. The molecule has 3 aromatic rings. The fraction of sp³-hybridized carbons (Fsp3) is 0.167. The number of amides is 1. The van der Waals surface area contributed by atoms with E-state index in [4.69, 9.17) is 27.9 Å². The topological polar surface area (TPSA) is 68.3 Å². The van der Waals surface area contributed by atoms with E-state index in [0.717, 1.165) is 5.56 Å². The van der Waals surface area contributed by atoms with Gasteiger partial charge in [-0.2, -0.15) is 0 Å². The lowest BCUT2D eigenvalue weighted by atomic mass is 10.0. The summed E-state index contributed by atoms with van der Waals surface area (Å²) in [6, 6.07) is 6.77. The predicted octanol–water partition coefficient (Wildman–Crippen LogP) is 5.57. The van der Waals surface area contributed by atoms with Gasteiger partial charge in [0.05, 0.1) is 23.6 Å². The van der Waals surface area contributed by atoms with Gasteiger partial charge in [0.25, 0.3) is 0 Å². The molecule has 0 aliphatic carbocycles. The molecule has 0 saturated carbocycles. The summed E-state index contributed by atoms with van der Waals surface area (Å²) in [5.41, 5.74) is 2.55. The number of halogens is 2. The molecule has 1 aromatic carbocycles. The Balaban J connectivity index is 1.74. The van der Waals surface area contributed by atoms with E-state index in [1.54, 1.807) is 29.6 Å². The molecule has 0 atom stereocenters. The van der Waals surface area contributed by atoms with Gasteiger partial charge in [0, 0.05) is 22.1 Å². The van der Waals surface area contributed by atoms with Crippen molar-refractivity contribution in [1.29, 1.82) is 0 Å². The number of ketones is 1. The zero-order valence-corrected chi connectivity index (χ0v) is 17.5. The highest BCUT2D eigenvalue weighted by atomic mass is 35.5. The molecule has 0 aliphatic heterocycles. The maximum Gasteiger partial charge on any atom is 0.230 e. The van der Waals surface area contributed by atoms with Gasteiger partial charge in [-0.05, 0) is 31.2 Å². The first-order valence-corrected chi connectivity index (χ1v) is 10.2. The summed E-state index contributed by atoms with van der Waals surface area (Å²) in [4.78, 5) is 28.4. The number of Topliss-reactive ketones (excluding diaryl/α,β-unsaturated/α-hetero) is 1. The number of hydrogen-bond donors (Lipinski definition) is 1. The number of carbonyl (C=O) groups excluding carboxylic acids is 2. The fourth-order valence-corrected chi connectivity index (χ4v) is 4.65. The van der Waals surface area contributed by atoms with Gasteiger partial charge in [-0.3, -0.25) is 9.59 Å². The Morgan fingerprint density at radius 2 is 2.04 bits per heavy atom. The van der Waals surface area contributed by atoms with Gasteiger partial charge in [0.15, 0.2) is 10.9 Å². The van der Waals surface area contributed by atoms with Crippen LogP contribution in [0.5, 0.6) is 5.75 Å². The van der Waals surface area contributed by atoms with Crippen LogP contribution < -0.4 is 10.1 Å². The Labute approximate surface area is 173 Å². The number of nitrogens with zero attached hydrogens (tertiary/aromatic N) is 1. The van der Waals surface area contributed by atoms with Crippen LogP contribution in [0.3, 0.4) is 0 Å². The van der Waals surface area contributed by atoms with E-state index in [1.807, 2.05) is 0 Å². The maximum absolute atomic E-state index is 12.4. The molecule has 3 rings (SSSR count). The van der Waals surface area contributed by atoms with Crippen molar-refractivity contribution in [2.75, 3.05) is 12.4 Å². The van der Waals surface area contributed by atoms with E-state index >= 15 is 0 Å². The maximum atomic E-state index is 12.4. The van der Waals surface area contributed by atoms with Gasteiger partial charge < -0.3 is 10.1 Å². The monoisotopic (exact) mass is 440 g/mol. The first-order chi connectivity index (χ1) is 12.9.